The monoisotopic (exact) mass is 340 g/mol. The van der Waals surface area contributed by atoms with Crippen molar-refractivity contribution in [3.8, 4) is 11.5 Å². The third-order valence-corrected chi connectivity index (χ3v) is 4.93. The minimum absolute atomic E-state index is 0.0448. The van der Waals surface area contributed by atoms with Gasteiger partial charge in [-0.3, -0.25) is 0 Å². The summed E-state index contributed by atoms with van der Waals surface area (Å²) in [5.41, 5.74) is 3.14. The number of phenolic OH excluding ortho intramolecular Hbond substituents is 2. The van der Waals surface area contributed by atoms with Gasteiger partial charge in [0.15, 0.2) is 0 Å². The van der Waals surface area contributed by atoms with Crippen molar-refractivity contribution in [2.24, 2.45) is 0 Å². The Morgan fingerprint density at radius 1 is 1.16 bits per heavy atom. The molecule has 2 amide bonds. The Kier molecular flexibility index (Phi) is 5.12. The third kappa shape index (κ3) is 4.05. The fourth-order valence-corrected chi connectivity index (χ4v) is 3.36. The van der Waals surface area contributed by atoms with Crippen LogP contribution >= 0.6 is 0 Å². The highest BCUT2D eigenvalue weighted by Crippen LogP contribution is 2.35. The highest BCUT2D eigenvalue weighted by atomic mass is 16.3. The maximum Gasteiger partial charge on any atom is 0.317 e. The van der Waals surface area contributed by atoms with Crippen molar-refractivity contribution in [2.75, 3.05) is 13.1 Å². The van der Waals surface area contributed by atoms with Crippen molar-refractivity contribution in [1.82, 2.24) is 10.2 Å². The van der Waals surface area contributed by atoms with Gasteiger partial charge in [-0.1, -0.05) is 30.3 Å². The number of carbonyl (C=O) groups excluding carboxylic acids is 1. The zero-order chi connectivity index (χ0) is 17.8. The van der Waals surface area contributed by atoms with Crippen molar-refractivity contribution < 1.29 is 15.0 Å². The van der Waals surface area contributed by atoms with Crippen molar-refractivity contribution in [1.29, 1.82) is 0 Å². The normalized spacial score (nSPS) is 15.2. The molecule has 1 heterocycles. The number of likely N-dealkylation sites (tertiary alicyclic amines) is 1. The van der Waals surface area contributed by atoms with Crippen LogP contribution in [0.5, 0.6) is 11.5 Å². The molecule has 1 fully saturated rings. The molecule has 1 aliphatic rings. The summed E-state index contributed by atoms with van der Waals surface area (Å²) in [7, 11) is 0. The second-order valence-corrected chi connectivity index (χ2v) is 6.59. The van der Waals surface area contributed by atoms with Gasteiger partial charge in [-0.25, -0.2) is 4.79 Å². The van der Waals surface area contributed by atoms with Gasteiger partial charge < -0.3 is 20.4 Å². The van der Waals surface area contributed by atoms with E-state index in [1.54, 1.807) is 12.1 Å². The lowest BCUT2D eigenvalue weighted by Gasteiger charge is -2.32. The Morgan fingerprint density at radius 3 is 2.56 bits per heavy atom. The van der Waals surface area contributed by atoms with E-state index in [9.17, 15) is 15.0 Å². The molecule has 0 atom stereocenters. The number of aromatic hydroxyl groups is 2. The highest BCUT2D eigenvalue weighted by molar-refractivity contribution is 5.74. The first kappa shape index (κ1) is 17.1. The number of carbonyl (C=O) groups is 1. The number of nitrogens with zero attached hydrogens (tertiary/aromatic N) is 1. The molecule has 0 radical (unpaired) electrons. The van der Waals surface area contributed by atoms with Crippen molar-refractivity contribution in [2.45, 2.75) is 32.2 Å². The predicted molar refractivity (Wildman–Crippen MR) is 96.7 cm³/mol. The minimum atomic E-state index is -0.0448. The van der Waals surface area contributed by atoms with Gasteiger partial charge in [0.1, 0.15) is 11.5 Å². The van der Waals surface area contributed by atoms with Gasteiger partial charge in [-0.15, -0.1) is 0 Å². The molecule has 0 spiro atoms. The Hall–Kier alpha value is -2.69. The standard InChI is InChI=1S/C20H24N2O3/c1-14-4-2-3-5-16(14)13-21-20(25)22-10-8-15(9-11-22)18-7-6-17(23)12-19(18)24/h2-7,12,15,23-24H,8-11,13H2,1H3,(H,21,25). The molecule has 5 heteroatoms. The van der Waals surface area contributed by atoms with Crippen LogP contribution in [0.1, 0.15) is 35.4 Å². The van der Waals surface area contributed by atoms with Crippen LogP contribution in [0.4, 0.5) is 4.79 Å². The van der Waals surface area contributed by atoms with E-state index in [0.717, 1.165) is 24.0 Å². The van der Waals surface area contributed by atoms with E-state index >= 15 is 0 Å². The Balaban J connectivity index is 1.53. The molecule has 2 aromatic rings. The van der Waals surface area contributed by atoms with Crippen LogP contribution in [-0.2, 0) is 6.54 Å². The largest absolute Gasteiger partial charge is 0.508 e. The first-order valence-electron chi connectivity index (χ1n) is 8.64. The van der Waals surface area contributed by atoms with Gasteiger partial charge in [-0.2, -0.15) is 0 Å². The molecule has 132 valence electrons. The van der Waals surface area contributed by atoms with E-state index in [2.05, 4.69) is 5.32 Å². The molecule has 2 aromatic carbocycles. The molecule has 0 saturated carbocycles. The van der Waals surface area contributed by atoms with E-state index in [1.165, 1.54) is 11.6 Å². The molecule has 0 aliphatic carbocycles. The second kappa shape index (κ2) is 7.47. The summed E-state index contributed by atoms with van der Waals surface area (Å²) in [4.78, 5) is 14.2. The van der Waals surface area contributed by atoms with E-state index in [4.69, 9.17) is 0 Å². The molecular weight excluding hydrogens is 316 g/mol. The number of benzene rings is 2. The zero-order valence-corrected chi connectivity index (χ0v) is 14.4. The first-order chi connectivity index (χ1) is 12.0. The lowest BCUT2D eigenvalue weighted by atomic mass is 9.89. The number of hydrogen-bond acceptors (Lipinski definition) is 3. The van der Waals surface area contributed by atoms with Crippen LogP contribution in [0.3, 0.4) is 0 Å². The number of hydrogen-bond donors (Lipinski definition) is 3. The topological polar surface area (TPSA) is 72.8 Å². The summed E-state index contributed by atoms with van der Waals surface area (Å²) in [6, 6.07) is 12.7. The predicted octanol–water partition coefficient (Wildman–Crippen LogP) is 3.50. The van der Waals surface area contributed by atoms with Gasteiger partial charge in [0.05, 0.1) is 0 Å². The van der Waals surface area contributed by atoms with Crippen molar-refractivity contribution >= 4 is 6.03 Å². The molecule has 1 saturated heterocycles. The minimum Gasteiger partial charge on any atom is -0.508 e. The highest BCUT2D eigenvalue weighted by Gasteiger charge is 2.25. The SMILES string of the molecule is Cc1ccccc1CNC(=O)N1CCC(c2ccc(O)cc2O)CC1. The van der Waals surface area contributed by atoms with Crippen LogP contribution in [0.15, 0.2) is 42.5 Å². The number of urea groups is 1. The summed E-state index contributed by atoms with van der Waals surface area (Å²) < 4.78 is 0. The van der Waals surface area contributed by atoms with E-state index in [-0.39, 0.29) is 23.4 Å². The molecule has 3 N–H and O–H groups in total. The van der Waals surface area contributed by atoms with Gasteiger partial charge in [0.2, 0.25) is 0 Å². The van der Waals surface area contributed by atoms with Crippen LogP contribution in [0.25, 0.3) is 0 Å². The average molecular weight is 340 g/mol. The average Bonchev–Trinajstić information content (AvgIpc) is 2.61. The maximum absolute atomic E-state index is 12.4. The zero-order valence-electron chi connectivity index (χ0n) is 14.4. The quantitative estimate of drug-likeness (QED) is 0.801. The van der Waals surface area contributed by atoms with Gasteiger partial charge >= 0.3 is 6.03 Å². The number of piperidine rings is 1. The Bertz CT molecular complexity index is 752. The van der Waals surface area contributed by atoms with Crippen molar-refractivity contribution in [3.63, 3.8) is 0 Å². The maximum atomic E-state index is 12.4. The molecule has 1 aliphatic heterocycles. The molecule has 3 rings (SSSR count). The van der Waals surface area contributed by atoms with Gasteiger partial charge in [-0.05, 0) is 48.4 Å². The second-order valence-electron chi connectivity index (χ2n) is 6.59. The van der Waals surface area contributed by atoms with E-state index in [0.29, 0.717) is 19.6 Å². The molecule has 0 aromatic heterocycles. The van der Waals surface area contributed by atoms with Crippen molar-refractivity contribution in [3.05, 3.63) is 59.2 Å². The number of rotatable bonds is 3. The van der Waals surface area contributed by atoms with Gasteiger partial charge in [0.25, 0.3) is 0 Å². The molecule has 0 unspecified atom stereocenters. The molecular formula is C20H24N2O3. The number of amides is 2. The number of aryl methyl sites for hydroxylation is 1. The molecule has 5 nitrogen and oxygen atoms in total. The smallest absolute Gasteiger partial charge is 0.317 e. The summed E-state index contributed by atoms with van der Waals surface area (Å²) in [5, 5.41) is 22.4. The van der Waals surface area contributed by atoms with Crippen LogP contribution in [0.2, 0.25) is 0 Å². The summed E-state index contributed by atoms with van der Waals surface area (Å²) >= 11 is 0. The summed E-state index contributed by atoms with van der Waals surface area (Å²) in [6.45, 7) is 3.89. The number of nitrogens with one attached hydrogen (secondary N) is 1. The molecule has 25 heavy (non-hydrogen) atoms. The van der Waals surface area contributed by atoms with Gasteiger partial charge in [0, 0.05) is 25.7 Å². The summed E-state index contributed by atoms with van der Waals surface area (Å²) in [6.07, 6.45) is 1.60. The fourth-order valence-electron chi connectivity index (χ4n) is 3.36. The molecule has 0 bridgehead atoms. The Labute approximate surface area is 147 Å². The van der Waals surface area contributed by atoms with Crippen LogP contribution < -0.4 is 5.32 Å². The third-order valence-electron chi connectivity index (χ3n) is 4.93. The lowest BCUT2D eigenvalue weighted by molar-refractivity contribution is 0.180. The van der Waals surface area contributed by atoms with Crippen LogP contribution in [-0.4, -0.2) is 34.2 Å². The first-order valence-corrected chi connectivity index (χ1v) is 8.64. The Morgan fingerprint density at radius 2 is 1.88 bits per heavy atom. The fraction of sp³-hybridized carbons (Fsp3) is 0.350. The van der Waals surface area contributed by atoms with E-state index in [1.807, 2.05) is 36.1 Å². The number of phenols is 2. The van der Waals surface area contributed by atoms with Crippen LogP contribution in [0, 0.1) is 6.92 Å². The lowest BCUT2D eigenvalue weighted by Crippen LogP contribution is -2.43. The van der Waals surface area contributed by atoms with E-state index < -0.39 is 0 Å². The summed E-state index contributed by atoms with van der Waals surface area (Å²) in [5.74, 6) is 0.401.